The molecule has 0 aliphatic heterocycles. The highest BCUT2D eigenvalue weighted by Crippen LogP contribution is 2.15. The third kappa shape index (κ3) is 6.39. The van der Waals surface area contributed by atoms with Crippen LogP contribution in [0.25, 0.3) is 0 Å². The number of nitrogens with one attached hydrogen (secondary N) is 2. The molecule has 0 saturated heterocycles. The fraction of sp³-hybridized carbons (Fsp3) is 0.250. The highest BCUT2D eigenvalue weighted by atomic mass is 16.5. The van der Waals surface area contributed by atoms with Crippen LogP contribution in [0.5, 0.6) is 5.75 Å². The van der Waals surface area contributed by atoms with E-state index in [1.807, 2.05) is 56.3 Å². The number of hydrogen-bond donors (Lipinski definition) is 2. The Kier molecular flexibility index (Phi) is 6.91. The summed E-state index contributed by atoms with van der Waals surface area (Å²) in [5.41, 5.74) is 5.69. The number of ether oxygens (including phenoxy) is 1. The Morgan fingerprint density at radius 3 is 2.38 bits per heavy atom. The van der Waals surface area contributed by atoms with E-state index >= 15 is 0 Å². The van der Waals surface area contributed by atoms with E-state index < -0.39 is 0 Å². The molecule has 0 fully saturated rings. The van der Waals surface area contributed by atoms with Crippen molar-refractivity contribution in [3.63, 3.8) is 0 Å². The summed E-state index contributed by atoms with van der Waals surface area (Å²) >= 11 is 0. The van der Waals surface area contributed by atoms with Crippen molar-refractivity contribution in [2.24, 2.45) is 5.10 Å². The van der Waals surface area contributed by atoms with Gasteiger partial charge in [-0.1, -0.05) is 35.9 Å². The van der Waals surface area contributed by atoms with Gasteiger partial charge in [-0.15, -0.1) is 0 Å². The molecule has 6 nitrogen and oxygen atoms in total. The molecule has 0 unspecified atom stereocenters. The molecular formula is C20H23N3O3. The summed E-state index contributed by atoms with van der Waals surface area (Å²) in [5, 5.41) is 6.71. The number of amides is 2. The van der Waals surface area contributed by atoms with E-state index in [0.29, 0.717) is 11.5 Å². The number of hydrazone groups is 1. The summed E-state index contributed by atoms with van der Waals surface area (Å²) < 4.78 is 5.44. The van der Waals surface area contributed by atoms with Crippen LogP contribution in [0, 0.1) is 13.8 Å². The molecule has 0 aromatic heterocycles. The van der Waals surface area contributed by atoms with Gasteiger partial charge in [0.2, 0.25) is 5.91 Å². The number of aryl methyl sites for hydroxylation is 2. The zero-order chi connectivity index (χ0) is 18.9. The van der Waals surface area contributed by atoms with Crippen molar-refractivity contribution in [2.45, 2.75) is 27.2 Å². The minimum atomic E-state index is -0.383. The molecule has 0 saturated carbocycles. The average molecular weight is 353 g/mol. The average Bonchev–Trinajstić information content (AvgIpc) is 2.61. The molecular weight excluding hydrogens is 330 g/mol. The number of benzene rings is 2. The van der Waals surface area contributed by atoms with Gasteiger partial charge in [0.25, 0.3) is 5.91 Å². The summed E-state index contributed by atoms with van der Waals surface area (Å²) in [6.07, 6.45) is 0.0901. The fourth-order valence-corrected chi connectivity index (χ4v) is 2.17. The molecule has 2 N–H and O–H groups in total. The van der Waals surface area contributed by atoms with Gasteiger partial charge < -0.3 is 10.1 Å². The van der Waals surface area contributed by atoms with Crippen LogP contribution < -0.4 is 15.5 Å². The molecule has 0 heterocycles. The van der Waals surface area contributed by atoms with Crippen molar-refractivity contribution >= 4 is 23.2 Å². The maximum atomic E-state index is 12.0. The molecule has 6 heteroatoms. The van der Waals surface area contributed by atoms with Crippen molar-refractivity contribution < 1.29 is 14.3 Å². The molecule has 0 atom stereocenters. The summed E-state index contributed by atoms with van der Waals surface area (Å²) in [6.45, 7) is 5.42. The Bertz CT molecular complexity index is 798. The molecule has 2 aromatic carbocycles. The van der Waals surface area contributed by atoms with Gasteiger partial charge in [-0.2, -0.15) is 5.10 Å². The van der Waals surface area contributed by atoms with Crippen molar-refractivity contribution in [2.75, 3.05) is 11.9 Å². The third-order valence-corrected chi connectivity index (χ3v) is 3.58. The summed E-state index contributed by atoms with van der Waals surface area (Å²) in [4.78, 5) is 23.8. The molecule has 2 aromatic rings. The molecule has 2 rings (SSSR count). The van der Waals surface area contributed by atoms with E-state index in [-0.39, 0.29) is 24.8 Å². The first-order valence-corrected chi connectivity index (χ1v) is 8.31. The van der Waals surface area contributed by atoms with Crippen molar-refractivity contribution in [1.82, 2.24) is 5.43 Å². The lowest BCUT2D eigenvalue weighted by atomic mass is 10.2. The Morgan fingerprint density at radius 2 is 1.69 bits per heavy atom. The number of para-hydroxylation sites is 1. The number of anilines is 1. The number of carbonyl (C=O) groups excluding carboxylic acids is 2. The van der Waals surface area contributed by atoms with Gasteiger partial charge in [-0.25, -0.2) is 5.43 Å². The SMILES string of the molecule is C/C(CC(=O)Nc1ccc(C)cc1)=N\NC(=O)COc1ccccc1C. The lowest BCUT2D eigenvalue weighted by molar-refractivity contribution is -0.123. The summed E-state index contributed by atoms with van der Waals surface area (Å²) in [5.74, 6) is 0.0767. The van der Waals surface area contributed by atoms with Crippen LogP contribution in [0.2, 0.25) is 0 Å². The second kappa shape index (κ2) is 9.36. The molecule has 0 spiro atoms. The highest BCUT2D eigenvalue weighted by Gasteiger charge is 2.07. The van der Waals surface area contributed by atoms with Gasteiger partial charge in [0.05, 0.1) is 6.42 Å². The van der Waals surface area contributed by atoms with Gasteiger partial charge in [-0.05, 0) is 44.5 Å². The lowest BCUT2D eigenvalue weighted by Crippen LogP contribution is -2.26. The number of rotatable bonds is 7. The quantitative estimate of drug-likeness (QED) is 0.592. The molecule has 26 heavy (non-hydrogen) atoms. The molecule has 0 aliphatic rings. The summed E-state index contributed by atoms with van der Waals surface area (Å²) in [6, 6.07) is 15.0. The van der Waals surface area contributed by atoms with Crippen LogP contribution in [-0.2, 0) is 9.59 Å². The zero-order valence-electron chi connectivity index (χ0n) is 15.2. The van der Waals surface area contributed by atoms with E-state index in [1.54, 1.807) is 13.0 Å². The number of nitrogens with zero attached hydrogens (tertiary/aromatic N) is 1. The Morgan fingerprint density at radius 1 is 1.00 bits per heavy atom. The van der Waals surface area contributed by atoms with E-state index in [2.05, 4.69) is 15.8 Å². The Hall–Kier alpha value is -3.15. The predicted octanol–water partition coefficient (Wildman–Crippen LogP) is 3.20. The van der Waals surface area contributed by atoms with Crippen LogP contribution >= 0.6 is 0 Å². The van der Waals surface area contributed by atoms with Crippen molar-refractivity contribution in [1.29, 1.82) is 0 Å². The second-order valence-electron chi connectivity index (χ2n) is 6.03. The number of hydrogen-bond acceptors (Lipinski definition) is 4. The van der Waals surface area contributed by atoms with E-state index in [4.69, 9.17) is 4.74 Å². The fourth-order valence-electron chi connectivity index (χ4n) is 2.17. The van der Waals surface area contributed by atoms with Crippen LogP contribution in [0.1, 0.15) is 24.5 Å². The van der Waals surface area contributed by atoms with Gasteiger partial charge in [0.15, 0.2) is 6.61 Å². The maximum absolute atomic E-state index is 12.0. The van der Waals surface area contributed by atoms with Crippen LogP contribution in [-0.4, -0.2) is 24.1 Å². The van der Waals surface area contributed by atoms with Crippen molar-refractivity contribution in [3.8, 4) is 5.75 Å². The van der Waals surface area contributed by atoms with E-state index in [1.165, 1.54) is 0 Å². The van der Waals surface area contributed by atoms with Crippen LogP contribution in [0.15, 0.2) is 53.6 Å². The highest BCUT2D eigenvalue weighted by molar-refractivity contribution is 6.05. The Balaban J connectivity index is 1.76. The monoisotopic (exact) mass is 353 g/mol. The van der Waals surface area contributed by atoms with Gasteiger partial charge in [0, 0.05) is 11.4 Å². The molecule has 2 amide bonds. The third-order valence-electron chi connectivity index (χ3n) is 3.58. The number of carbonyl (C=O) groups is 2. The molecule has 136 valence electrons. The first kappa shape index (κ1) is 19.2. The maximum Gasteiger partial charge on any atom is 0.277 e. The minimum Gasteiger partial charge on any atom is -0.483 e. The van der Waals surface area contributed by atoms with Crippen molar-refractivity contribution in [3.05, 3.63) is 59.7 Å². The first-order chi connectivity index (χ1) is 12.4. The predicted molar refractivity (Wildman–Crippen MR) is 102 cm³/mol. The normalized spacial score (nSPS) is 11.0. The summed E-state index contributed by atoms with van der Waals surface area (Å²) in [7, 11) is 0. The zero-order valence-corrected chi connectivity index (χ0v) is 15.2. The largest absolute Gasteiger partial charge is 0.483 e. The lowest BCUT2D eigenvalue weighted by Gasteiger charge is -2.08. The second-order valence-corrected chi connectivity index (χ2v) is 6.03. The van der Waals surface area contributed by atoms with Crippen LogP contribution in [0.4, 0.5) is 5.69 Å². The minimum absolute atomic E-state index is 0.0901. The van der Waals surface area contributed by atoms with Gasteiger partial charge in [0.1, 0.15) is 5.75 Å². The standard InChI is InChI=1S/C20H23N3O3/c1-14-8-10-17(11-9-14)21-19(24)12-16(3)22-23-20(25)13-26-18-7-5-4-6-15(18)2/h4-11H,12-13H2,1-3H3,(H,21,24)(H,23,25)/b22-16+. The van der Waals surface area contributed by atoms with Gasteiger partial charge in [-0.3, -0.25) is 9.59 Å². The van der Waals surface area contributed by atoms with Gasteiger partial charge >= 0.3 is 0 Å². The van der Waals surface area contributed by atoms with Crippen LogP contribution in [0.3, 0.4) is 0 Å². The smallest absolute Gasteiger partial charge is 0.277 e. The molecule has 0 aliphatic carbocycles. The Labute approximate surface area is 153 Å². The first-order valence-electron chi connectivity index (χ1n) is 8.31. The molecule has 0 radical (unpaired) electrons. The van der Waals surface area contributed by atoms with E-state index in [9.17, 15) is 9.59 Å². The molecule has 0 bridgehead atoms. The van der Waals surface area contributed by atoms with E-state index in [0.717, 1.165) is 16.8 Å². The topological polar surface area (TPSA) is 79.8 Å².